The monoisotopic (exact) mass is 525 g/mol. The molecule has 1 aromatic carbocycles. The summed E-state index contributed by atoms with van der Waals surface area (Å²) in [5, 5.41) is 17.7. The van der Waals surface area contributed by atoms with Crippen molar-refractivity contribution in [1.29, 1.82) is 0 Å². The van der Waals surface area contributed by atoms with Gasteiger partial charge in [-0.2, -0.15) is 20.5 Å². The van der Waals surface area contributed by atoms with E-state index in [1.165, 1.54) is 4.90 Å². The molecule has 7 nitrogen and oxygen atoms in total. The van der Waals surface area contributed by atoms with Crippen molar-refractivity contribution in [3.8, 4) is 0 Å². The van der Waals surface area contributed by atoms with E-state index in [4.69, 9.17) is 4.74 Å². The van der Waals surface area contributed by atoms with Gasteiger partial charge in [0.2, 0.25) is 0 Å². The number of carbonyl (C=O) groups excluding carboxylic acids is 1. The van der Waals surface area contributed by atoms with Gasteiger partial charge in [-0.3, -0.25) is 4.79 Å². The van der Waals surface area contributed by atoms with E-state index in [2.05, 4.69) is 34.3 Å². The van der Waals surface area contributed by atoms with Crippen LogP contribution < -0.4 is 0 Å². The summed E-state index contributed by atoms with van der Waals surface area (Å²) in [6.07, 6.45) is 8.31. The van der Waals surface area contributed by atoms with Crippen LogP contribution in [0.3, 0.4) is 0 Å². The molecule has 5 rings (SSSR count). The first-order valence-corrected chi connectivity index (χ1v) is 13.7. The van der Waals surface area contributed by atoms with Crippen molar-refractivity contribution in [2.75, 3.05) is 19.7 Å². The number of hydrogen-bond donors (Lipinski definition) is 0. The zero-order valence-electron chi connectivity index (χ0n) is 22.6. The lowest BCUT2D eigenvalue weighted by Gasteiger charge is -2.40. The van der Waals surface area contributed by atoms with Crippen LogP contribution >= 0.6 is 0 Å². The average Bonchev–Trinajstić information content (AvgIpc) is 3.60. The molecule has 38 heavy (non-hydrogen) atoms. The number of azo groups is 2. The van der Waals surface area contributed by atoms with Gasteiger partial charge < -0.3 is 9.64 Å². The molecule has 0 bridgehead atoms. The van der Waals surface area contributed by atoms with Crippen molar-refractivity contribution < 1.29 is 18.3 Å². The second-order valence-electron chi connectivity index (χ2n) is 11.7. The topological polar surface area (TPSA) is 79.0 Å². The summed E-state index contributed by atoms with van der Waals surface area (Å²) in [5.41, 5.74) is 0.378. The summed E-state index contributed by atoms with van der Waals surface area (Å²) in [5.74, 6) is -1.95. The van der Waals surface area contributed by atoms with Crippen molar-refractivity contribution in [1.82, 2.24) is 4.90 Å². The molecule has 4 atom stereocenters. The van der Waals surface area contributed by atoms with Crippen molar-refractivity contribution >= 4 is 5.91 Å². The highest BCUT2D eigenvalue weighted by Crippen LogP contribution is 2.46. The molecule has 9 heteroatoms. The summed E-state index contributed by atoms with van der Waals surface area (Å²) < 4.78 is 34.1. The lowest BCUT2D eigenvalue weighted by Crippen LogP contribution is -2.44. The van der Waals surface area contributed by atoms with E-state index in [9.17, 15) is 13.6 Å². The maximum absolute atomic E-state index is 13.8. The third-order valence-electron chi connectivity index (χ3n) is 8.79. The first kappa shape index (κ1) is 26.8. The molecule has 2 fully saturated rings. The molecule has 1 aromatic rings. The fourth-order valence-corrected chi connectivity index (χ4v) is 6.06. The maximum Gasteiger partial charge on any atom is 0.254 e. The third kappa shape index (κ3) is 4.63. The normalized spacial score (nSPS) is 32.2. The molecule has 4 aliphatic heterocycles. The van der Waals surface area contributed by atoms with Gasteiger partial charge in [0.15, 0.2) is 5.54 Å². The minimum absolute atomic E-state index is 0.00749. The molecular formula is C29H37F2N5O2. The summed E-state index contributed by atoms with van der Waals surface area (Å²) >= 11 is 0. The van der Waals surface area contributed by atoms with Crippen molar-refractivity contribution in [2.45, 2.75) is 76.5 Å². The Morgan fingerprint density at radius 3 is 2.29 bits per heavy atom. The number of hydrogen-bond acceptors (Lipinski definition) is 6. The number of nitrogens with zero attached hydrogens (tertiary/aromatic N) is 5. The molecule has 204 valence electrons. The number of benzene rings is 1. The first-order chi connectivity index (χ1) is 18.1. The molecule has 0 aliphatic carbocycles. The van der Waals surface area contributed by atoms with Gasteiger partial charge in [0, 0.05) is 43.9 Å². The second-order valence-corrected chi connectivity index (χ2v) is 11.7. The molecule has 0 saturated carbocycles. The van der Waals surface area contributed by atoms with Gasteiger partial charge in [0.05, 0.1) is 12.7 Å². The van der Waals surface area contributed by atoms with Crippen molar-refractivity contribution in [2.24, 2.45) is 38.2 Å². The van der Waals surface area contributed by atoms with Crippen LogP contribution in [0, 0.1) is 17.8 Å². The van der Waals surface area contributed by atoms with E-state index in [1.807, 2.05) is 38.1 Å². The van der Waals surface area contributed by atoms with Crippen LogP contribution in [0.5, 0.6) is 0 Å². The Bertz CT molecular complexity index is 1150. The lowest BCUT2D eigenvalue weighted by atomic mass is 9.74. The Morgan fingerprint density at radius 2 is 1.74 bits per heavy atom. The van der Waals surface area contributed by atoms with Gasteiger partial charge in [-0.05, 0) is 66.0 Å². The van der Waals surface area contributed by atoms with Gasteiger partial charge in [0.1, 0.15) is 5.54 Å². The SMILES string of the molecule is CC(C)[C@@H]1CCC(C2(c3ccc(C(=O)N4CCC(F)(F)CC4)c(C4(C(C)C)C=CN=N4)c3)C=CN=N2)OC1. The van der Waals surface area contributed by atoms with Crippen molar-refractivity contribution in [3.05, 3.63) is 59.4 Å². The summed E-state index contributed by atoms with van der Waals surface area (Å²) in [6, 6.07) is 5.70. The fourth-order valence-electron chi connectivity index (χ4n) is 6.06. The number of alkyl halides is 2. The molecule has 0 spiro atoms. The molecule has 1 amide bonds. The number of piperidine rings is 1. The highest BCUT2D eigenvalue weighted by atomic mass is 19.3. The Morgan fingerprint density at radius 1 is 1.03 bits per heavy atom. The maximum atomic E-state index is 13.8. The lowest BCUT2D eigenvalue weighted by molar-refractivity contribution is -0.0566. The van der Waals surface area contributed by atoms with Crippen LogP contribution in [0.2, 0.25) is 0 Å². The highest BCUT2D eigenvalue weighted by Gasteiger charge is 2.47. The first-order valence-electron chi connectivity index (χ1n) is 13.7. The average molecular weight is 526 g/mol. The van der Waals surface area contributed by atoms with E-state index in [-0.39, 0.29) is 43.9 Å². The molecule has 2 saturated heterocycles. The van der Waals surface area contributed by atoms with E-state index in [1.54, 1.807) is 18.5 Å². The van der Waals surface area contributed by atoms with Crippen LogP contribution in [0.1, 0.15) is 74.9 Å². The Kier molecular flexibility index (Phi) is 7.09. The smallest absolute Gasteiger partial charge is 0.254 e. The van der Waals surface area contributed by atoms with Gasteiger partial charge >= 0.3 is 0 Å². The van der Waals surface area contributed by atoms with E-state index >= 15 is 0 Å². The number of ether oxygens (including phenoxy) is 1. The zero-order valence-corrected chi connectivity index (χ0v) is 22.6. The Hall–Kier alpha value is -2.81. The van der Waals surface area contributed by atoms with Gasteiger partial charge in [-0.15, -0.1) is 0 Å². The fraction of sp³-hybridized carbons (Fsp3) is 0.621. The van der Waals surface area contributed by atoms with Crippen molar-refractivity contribution in [3.63, 3.8) is 0 Å². The van der Waals surface area contributed by atoms with Gasteiger partial charge in [-0.25, -0.2) is 8.78 Å². The van der Waals surface area contributed by atoms with Gasteiger partial charge in [-0.1, -0.05) is 33.8 Å². The minimum atomic E-state index is -2.73. The molecule has 0 N–H and O–H groups in total. The molecule has 3 unspecified atom stereocenters. The van der Waals surface area contributed by atoms with Crippen LogP contribution in [-0.4, -0.2) is 42.5 Å². The number of carbonyl (C=O) groups is 1. The Labute approximate surface area is 223 Å². The highest BCUT2D eigenvalue weighted by molar-refractivity contribution is 5.96. The molecule has 4 aliphatic rings. The number of rotatable bonds is 6. The molecule has 0 aromatic heterocycles. The Balaban J connectivity index is 1.56. The predicted molar refractivity (Wildman–Crippen MR) is 140 cm³/mol. The summed E-state index contributed by atoms with van der Waals surface area (Å²) in [7, 11) is 0. The third-order valence-corrected chi connectivity index (χ3v) is 8.79. The van der Waals surface area contributed by atoms with Gasteiger partial charge in [0.25, 0.3) is 11.8 Å². The largest absolute Gasteiger partial charge is 0.375 e. The van der Waals surface area contributed by atoms with E-state index in [0.717, 1.165) is 18.4 Å². The second kappa shape index (κ2) is 10.1. The zero-order chi connectivity index (χ0) is 27.1. The quantitative estimate of drug-likeness (QED) is 0.400. The predicted octanol–water partition coefficient (Wildman–Crippen LogP) is 7.01. The molecular weight excluding hydrogens is 488 g/mol. The summed E-state index contributed by atoms with van der Waals surface area (Å²) in [4.78, 5) is 15.3. The van der Waals surface area contributed by atoms with Crippen LogP contribution in [0.25, 0.3) is 0 Å². The van der Waals surface area contributed by atoms with Crippen LogP contribution in [0.15, 0.2) is 63.2 Å². The number of amides is 1. The standard InChI is InChI=1S/C29H37F2N5O2/c1-19(2)21-5-8-25(38-18-21)29(10-14-33-35-29)22-6-7-23(26(37)36-15-11-27(30,31)12-16-36)24(17-22)28(20(3)4)9-13-32-34-28/h6-7,9-10,13-14,17,19-21,25H,5,8,11-12,15-16,18H2,1-4H3/t21-,25?,28?,29?/m1/s1. The molecule has 0 radical (unpaired) electrons. The molecule has 4 heterocycles. The van der Waals surface area contributed by atoms with Crippen LogP contribution in [0.4, 0.5) is 8.78 Å². The van der Waals surface area contributed by atoms with E-state index < -0.39 is 17.0 Å². The van der Waals surface area contributed by atoms with E-state index in [0.29, 0.717) is 29.6 Å². The summed E-state index contributed by atoms with van der Waals surface area (Å²) in [6.45, 7) is 9.24. The number of halogens is 2. The number of likely N-dealkylation sites (tertiary alicyclic amines) is 1. The van der Waals surface area contributed by atoms with Crippen LogP contribution in [-0.2, 0) is 15.8 Å². The minimum Gasteiger partial charge on any atom is -0.375 e.